The lowest BCUT2D eigenvalue weighted by molar-refractivity contribution is -0.147. The molecule has 0 unspecified atom stereocenters. The summed E-state index contributed by atoms with van der Waals surface area (Å²) in [6.07, 6.45) is 0. The maximum Gasteiger partial charge on any atom is 0.325 e. The van der Waals surface area contributed by atoms with Crippen LogP contribution in [-0.2, 0) is 14.3 Å². The van der Waals surface area contributed by atoms with Gasteiger partial charge in [0.05, 0.1) is 7.11 Å². The van der Waals surface area contributed by atoms with Gasteiger partial charge in [0.25, 0.3) is 11.8 Å². The van der Waals surface area contributed by atoms with E-state index in [0.717, 1.165) is 11.1 Å². The third-order valence-electron chi connectivity index (χ3n) is 3.84. The average molecular weight is 413 g/mol. The van der Waals surface area contributed by atoms with E-state index >= 15 is 0 Å². The summed E-state index contributed by atoms with van der Waals surface area (Å²) in [7, 11) is 1.52. The number of hydrogen-bond acceptors (Lipinski definition) is 6. The van der Waals surface area contributed by atoms with Crippen molar-refractivity contribution in [1.29, 1.82) is 0 Å². The zero-order valence-electron chi connectivity index (χ0n) is 16.9. The minimum absolute atomic E-state index is 0.406. The molecule has 0 radical (unpaired) electrons. The van der Waals surface area contributed by atoms with Gasteiger partial charge in [-0.3, -0.25) is 19.7 Å². The summed E-state index contributed by atoms with van der Waals surface area (Å²) < 4.78 is 9.76. The van der Waals surface area contributed by atoms with Crippen molar-refractivity contribution in [1.82, 2.24) is 10.6 Å². The Morgan fingerprint density at radius 1 is 0.933 bits per heavy atom. The molecule has 0 heterocycles. The van der Waals surface area contributed by atoms with Crippen molar-refractivity contribution in [2.24, 2.45) is 0 Å². The number of nitrogens with one attached hydrogen (secondary N) is 3. The maximum absolute atomic E-state index is 12.1. The second kappa shape index (κ2) is 10.6. The van der Waals surface area contributed by atoms with Crippen molar-refractivity contribution >= 4 is 29.5 Å². The fourth-order valence-corrected chi connectivity index (χ4v) is 2.56. The Morgan fingerprint density at radius 3 is 2.17 bits per heavy atom. The molecule has 9 nitrogen and oxygen atoms in total. The maximum atomic E-state index is 12.1. The Morgan fingerprint density at radius 2 is 1.57 bits per heavy atom. The van der Waals surface area contributed by atoms with E-state index < -0.39 is 37.0 Å². The SMILES string of the molecule is COc1ccc(NC(=O)NC(=O)COC(=O)CNC(=O)c2cc(C)cc(C)c2)cc1. The van der Waals surface area contributed by atoms with Gasteiger partial charge in [-0.15, -0.1) is 0 Å². The molecular formula is C21H23N3O6. The number of amides is 4. The number of imide groups is 1. The molecule has 0 atom stereocenters. The lowest BCUT2D eigenvalue weighted by Gasteiger charge is -2.09. The zero-order valence-corrected chi connectivity index (χ0v) is 16.9. The van der Waals surface area contributed by atoms with E-state index in [1.54, 1.807) is 36.4 Å². The number of carbonyl (C=O) groups is 4. The van der Waals surface area contributed by atoms with Gasteiger partial charge in [0, 0.05) is 11.3 Å². The molecule has 4 amide bonds. The van der Waals surface area contributed by atoms with Gasteiger partial charge in [-0.05, 0) is 50.2 Å². The molecule has 0 aliphatic heterocycles. The Hall–Kier alpha value is -3.88. The topological polar surface area (TPSA) is 123 Å². The number of carbonyl (C=O) groups excluding carboxylic acids is 4. The number of methoxy groups -OCH3 is 1. The van der Waals surface area contributed by atoms with Gasteiger partial charge in [-0.2, -0.15) is 0 Å². The first kappa shape index (κ1) is 22.4. The van der Waals surface area contributed by atoms with Gasteiger partial charge in [0.1, 0.15) is 12.3 Å². The van der Waals surface area contributed by atoms with Gasteiger partial charge < -0.3 is 20.1 Å². The van der Waals surface area contributed by atoms with E-state index in [1.807, 2.05) is 25.2 Å². The molecule has 0 bridgehead atoms. The molecule has 0 saturated heterocycles. The fourth-order valence-electron chi connectivity index (χ4n) is 2.56. The van der Waals surface area contributed by atoms with E-state index in [1.165, 1.54) is 7.11 Å². The number of urea groups is 1. The number of anilines is 1. The quantitative estimate of drug-likeness (QED) is 0.596. The van der Waals surface area contributed by atoms with Crippen molar-refractivity contribution in [3.05, 3.63) is 59.2 Å². The van der Waals surface area contributed by atoms with Crippen LogP contribution in [0.2, 0.25) is 0 Å². The molecule has 0 spiro atoms. The van der Waals surface area contributed by atoms with Crippen molar-refractivity contribution in [2.45, 2.75) is 13.8 Å². The largest absolute Gasteiger partial charge is 0.497 e. The predicted octanol–water partition coefficient (Wildman–Crippen LogP) is 1.93. The van der Waals surface area contributed by atoms with Crippen LogP contribution in [0.1, 0.15) is 21.5 Å². The van der Waals surface area contributed by atoms with Crippen molar-refractivity contribution in [3.63, 3.8) is 0 Å². The monoisotopic (exact) mass is 413 g/mol. The van der Waals surface area contributed by atoms with Crippen LogP contribution in [0.15, 0.2) is 42.5 Å². The first-order chi connectivity index (χ1) is 14.3. The molecule has 0 fully saturated rings. The number of rotatable bonds is 7. The molecule has 0 saturated carbocycles. The Bertz CT molecular complexity index is 920. The van der Waals surface area contributed by atoms with E-state index in [4.69, 9.17) is 9.47 Å². The highest BCUT2D eigenvalue weighted by molar-refractivity contribution is 6.02. The average Bonchev–Trinajstić information content (AvgIpc) is 2.70. The standard InChI is InChI=1S/C21H23N3O6/c1-13-8-14(2)10-15(9-13)20(27)22-11-19(26)30-12-18(25)24-21(28)23-16-4-6-17(29-3)7-5-16/h4-10H,11-12H2,1-3H3,(H,22,27)(H2,23,24,25,28). The van der Waals surface area contributed by atoms with Crippen LogP contribution in [0.5, 0.6) is 5.75 Å². The second-order valence-corrected chi connectivity index (χ2v) is 6.45. The highest BCUT2D eigenvalue weighted by atomic mass is 16.5. The first-order valence-electron chi connectivity index (χ1n) is 9.04. The minimum atomic E-state index is -0.810. The van der Waals surface area contributed by atoms with Crippen molar-refractivity contribution < 1.29 is 28.7 Å². The first-order valence-corrected chi connectivity index (χ1v) is 9.04. The van der Waals surface area contributed by atoms with Crippen LogP contribution in [0.4, 0.5) is 10.5 Å². The molecule has 158 valence electrons. The van der Waals surface area contributed by atoms with Gasteiger partial charge in [0.15, 0.2) is 6.61 Å². The number of ether oxygens (including phenoxy) is 2. The molecular weight excluding hydrogens is 390 g/mol. The van der Waals surface area contributed by atoms with Gasteiger partial charge in [-0.25, -0.2) is 4.79 Å². The van der Waals surface area contributed by atoms with E-state index in [-0.39, 0.29) is 0 Å². The highest BCUT2D eigenvalue weighted by Crippen LogP contribution is 2.14. The zero-order chi connectivity index (χ0) is 22.1. The van der Waals surface area contributed by atoms with Crippen LogP contribution in [0, 0.1) is 13.8 Å². The summed E-state index contributed by atoms with van der Waals surface area (Å²) in [4.78, 5) is 47.3. The van der Waals surface area contributed by atoms with Crippen LogP contribution in [0.3, 0.4) is 0 Å². The predicted molar refractivity (Wildman–Crippen MR) is 109 cm³/mol. The third-order valence-corrected chi connectivity index (χ3v) is 3.84. The molecule has 2 rings (SSSR count). The van der Waals surface area contributed by atoms with Gasteiger partial charge in [-0.1, -0.05) is 17.2 Å². The molecule has 0 aliphatic rings. The second-order valence-electron chi connectivity index (χ2n) is 6.45. The number of benzene rings is 2. The third kappa shape index (κ3) is 7.27. The van der Waals surface area contributed by atoms with Gasteiger partial charge in [0.2, 0.25) is 0 Å². The summed E-state index contributed by atoms with van der Waals surface area (Å²) in [5, 5.41) is 6.91. The van der Waals surface area contributed by atoms with E-state index in [2.05, 4.69) is 10.6 Å². The normalized spacial score (nSPS) is 9.97. The summed E-state index contributed by atoms with van der Waals surface area (Å²) in [5.41, 5.74) is 2.72. The highest BCUT2D eigenvalue weighted by Gasteiger charge is 2.13. The molecule has 9 heteroatoms. The van der Waals surface area contributed by atoms with Crippen LogP contribution >= 0.6 is 0 Å². The lowest BCUT2D eigenvalue weighted by Crippen LogP contribution is -2.38. The van der Waals surface area contributed by atoms with E-state index in [9.17, 15) is 19.2 Å². The fraction of sp³-hybridized carbons (Fsp3) is 0.238. The van der Waals surface area contributed by atoms with Crippen molar-refractivity contribution in [3.8, 4) is 5.75 Å². The summed E-state index contributed by atoms with van der Waals surface area (Å²) in [5.74, 6) is -1.43. The number of aryl methyl sites for hydroxylation is 2. The molecule has 3 N–H and O–H groups in total. The number of hydrogen-bond donors (Lipinski definition) is 3. The Balaban J connectivity index is 1.71. The molecule has 0 aliphatic carbocycles. The van der Waals surface area contributed by atoms with Crippen molar-refractivity contribution in [2.75, 3.05) is 25.6 Å². The lowest BCUT2D eigenvalue weighted by atomic mass is 10.1. The van der Waals surface area contributed by atoms with Crippen LogP contribution in [0.25, 0.3) is 0 Å². The number of esters is 1. The Labute approximate surface area is 173 Å². The summed E-state index contributed by atoms with van der Waals surface area (Å²) in [6, 6.07) is 11.0. The molecule has 30 heavy (non-hydrogen) atoms. The molecule has 2 aromatic rings. The summed E-state index contributed by atoms with van der Waals surface area (Å²) in [6.45, 7) is 2.66. The van der Waals surface area contributed by atoms with E-state index in [0.29, 0.717) is 17.0 Å². The summed E-state index contributed by atoms with van der Waals surface area (Å²) >= 11 is 0. The molecule has 0 aromatic heterocycles. The van der Waals surface area contributed by atoms with Crippen LogP contribution < -0.4 is 20.7 Å². The minimum Gasteiger partial charge on any atom is -0.497 e. The van der Waals surface area contributed by atoms with Crippen LogP contribution in [-0.4, -0.2) is 44.1 Å². The smallest absolute Gasteiger partial charge is 0.325 e. The Kier molecular flexibility index (Phi) is 7.92. The molecule has 2 aromatic carbocycles. The van der Waals surface area contributed by atoms with Gasteiger partial charge >= 0.3 is 12.0 Å².